The third kappa shape index (κ3) is 6.43. The van der Waals surface area contributed by atoms with Gasteiger partial charge in [0.1, 0.15) is 0 Å². The molecule has 0 aliphatic carbocycles. The van der Waals surface area contributed by atoms with E-state index in [0.29, 0.717) is 17.4 Å². The quantitative estimate of drug-likeness (QED) is 0.514. The fourth-order valence-electron chi connectivity index (χ4n) is 2.34. The molecule has 2 aromatic carbocycles. The standard InChI is InChI=1S/C20H19BrN4O3S/c1-13(29-12-17(26)23-16-9-7-15(21)8-10-16)20(27)22-11-18-24-19(25-28-18)14-5-3-2-4-6-14/h2-10,13H,11-12H2,1H3,(H,22,27)(H,23,26). The van der Waals surface area contributed by atoms with E-state index in [0.717, 1.165) is 10.0 Å². The van der Waals surface area contributed by atoms with E-state index in [1.807, 2.05) is 42.5 Å². The molecule has 2 N–H and O–H groups in total. The third-order valence-electron chi connectivity index (χ3n) is 3.88. The molecule has 150 valence electrons. The number of benzene rings is 2. The topological polar surface area (TPSA) is 97.1 Å². The number of anilines is 1. The molecular formula is C20H19BrN4O3S. The van der Waals surface area contributed by atoms with Crippen molar-refractivity contribution in [3.8, 4) is 11.4 Å². The second-order valence-corrected chi connectivity index (χ2v) is 8.35. The zero-order valence-corrected chi connectivity index (χ0v) is 18.0. The molecule has 0 spiro atoms. The van der Waals surface area contributed by atoms with Crippen LogP contribution in [0.4, 0.5) is 5.69 Å². The number of carbonyl (C=O) groups excluding carboxylic acids is 2. The van der Waals surface area contributed by atoms with Crippen molar-refractivity contribution >= 4 is 45.2 Å². The van der Waals surface area contributed by atoms with Crippen molar-refractivity contribution < 1.29 is 14.1 Å². The lowest BCUT2D eigenvalue weighted by atomic mass is 10.2. The van der Waals surface area contributed by atoms with E-state index in [-0.39, 0.29) is 24.1 Å². The molecule has 0 fully saturated rings. The van der Waals surface area contributed by atoms with Crippen molar-refractivity contribution in [1.29, 1.82) is 0 Å². The Hall–Kier alpha value is -2.65. The molecule has 9 heteroatoms. The first-order chi connectivity index (χ1) is 14.0. The van der Waals surface area contributed by atoms with Crippen LogP contribution in [0.3, 0.4) is 0 Å². The van der Waals surface area contributed by atoms with Gasteiger partial charge in [-0.25, -0.2) is 0 Å². The van der Waals surface area contributed by atoms with Crippen LogP contribution in [0.25, 0.3) is 11.4 Å². The maximum atomic E-state index is 12.2. The molecule has 0 radical (unpaired) electrons. The average molecular weight is 475 g/mol. The molecule has 1 unspecified atom stereocenters. The fourth-order valence-corrected chi connectivity index (χ4v) is 3.32. The Morgan fingerprint density at radius 3 is 2.59 bits per heavy atom. The number of nitrogens with one attached hydrogen (secondary N) is 2. The number of halogens is 1. The van der Waals surface area contributed by atoms with Crippen LogP contribution in [-0.2, 0) is 16.1 Å². The van der Waals surface area contributed by atoms with Gasteiger partial charge in [0.25, 0.3) is 0 Å². The maximum absolute atomic E-state index is 12.2. The van der Waals surface area contributed by atoms with Crippen molar-refractivity contribution in [3.05, 3.63) is 65.0 Å². The van der Waals surface area contributed by atoms with E-state index in [4.69, 9.17) is 4.52 Å². The summed E-state index contributed by atoms with van der Waals surface area (Å²) in [6.07, 6.45) is 0. The van der Waals surface area contributed by atoms with Crippen LogP contribution in [0.2, 0.25) is 0 Å². The fraction of sp³-hybridized carbons (Fsp3) is 0.200. The number of amides is 2. The highest BCUT2D eigenvalue weighted by molar-refractivity contribution is 9.10. The zero-order chi connectivity index (χ0) is 20.6. The summed E-state index contributed by atoms with van der Waals surface area (Å²) >= 11 is 4.60. The Balaban J connectivity index is 1.42. The van der Waals surface area contributed by atoms with Gasteiger partial charge in [0.05, 0.1) is 17.5 Å². The monoisotopic (exact) mass is 474 g/mol. The molecular weight excluding hydrogens is 456 g/mol. The molecule has 0 bridgehead atoms. The first kappa shape index (κ1) is 21.1. The molecule has 0 aliphatic rings. The zero-order valence-electron chi connectivity index (χ0n) is 15.6. The van der Waals surface area contributed by atoms with Crippen molar-refractivity contribution in [1.82, 2.24) is 15.5 Å². The lowest BCUT2D eigenvalue weighted by molar-refractivity contribution is -0.120. The normalized spacial score (nSPS) is 11.7. The number of carbonyl (C=O) groups is 2. The molecule has 0 saturated carbocycles. The lowest BCUT2D eigenvalue weighted by Crippen LogP contribution is -2.31. The SMILES string of the molecule is CC(SCC(=O)Nc1ccc(Br)cc1)C(=O)NCc1nc(-c2ccccc2)no1. The molecule has 3 rings (SSSR count). The van der Waals surface area contributed by atoms with E-state index in [9.17, 15) is 9.59 Å². The average Bonchev–Trinajstić information content (AvgIpc) is 3.21. The summed E-state index contributed by atoms with van der Waals surface area (Å²) in [7, 11) is 0. The highest BCUT2D eigenvalue weighted by Gasteiger charge is 2.16. The minimum atomic E-state index is -0.401. The summed E-state index contributed by atoms with van der Waals surface area (Å²) in [5.41, 5.74) is 1.55. The van der Waals surface area contributed by atoms with Crippen LogP contribution in [0.5, 0.6) is 0 Å². The Morgan fingerprint density at radius 1 is 1.14 bits per heavy atom. The lowest BCUT2D eigenvalue weighted by Gasteiger charge is -2.11. The van der Waals surface area contributed by atoms with E-state index in [2.05, 4.69) is 36.7 Å². The van der Waals surface area contributed by atoms with Gasteiger partial charge in [-0.15, -0.1) is 11.8 Å². The first-order valence-corrected chi connectivity index (χ1v) is 10.7. The van der Waals surface area contributed by atoms with E-state index < -0.39 is 5.25 Å². The predicted molar refractivity (Wildman–Crippen MR) is 116 cm³/mol. The number of thioether (sulfide) groups is 1. The Labute approximate surface area is 180 Å². The van der Waals surface area contributed by atoms with Gasteiger partial charge in [-0.3, -0.25) is 9.59 Å². The van der Waals surface area contributed by atoms with Crippen LogP contribution >= 0.6 is 27.7 Å². The number of hydrogen-bond donors (Lipinski definition) is 2. The van der Waals surface area contributed by atoms with Gasteiger partial charge in [-0.2, -0.15) is 4.98 Å². The third-order valence-corrected chi connectivity index (χ3v) is 5.55. The summed E-state index contributed by atoms with van der Waals surface area (Å²) in [5, 5.41) is 9.06. The molecule has 3 aromatic rings. The van der Waals surface area contributed by atoms with Crippen molar-refractivity contribution in [2.45, 2.75) is 18.7 Å². The maximum Gasteiger partial charge on any atom is 0.246 e. The molecule has 1 aromatic heterocycles. The molecule has 0 saturated heterocycles. The van der Waals surface area contributed by atoms with Crippen LogP contribution in [-0.4, -0.2) is 33.0 Å². The van der Waals surface area contributed by atoms with Gasteiger partial charge in [0.15, 0.2) is 0 Å². The summed E-state index contributed by atoms with van der Waals surface area (Å²) in [6.45, 7) is 1.88. The Morgan fingerprint density at radius 2 is 1.86 bits per heavy atom. The van der Waals surface area contributed by atoms with Crippen molar-refractivity contribution in [3.63, 3.8) is 0 Å². The van der Waals surface area contributed by atoms with Crippen LogP contribution in [0, 0.1) is 0 Å². The van der Waals surface area contributed by atoms with Crippen LogP contribution in [0.1, 0.15) is 12.8 Å². The van der Waals surface area contributed by atoms with Crippen molar-refractivity contribution in [2.24, 2.45) is 0 Å². The highest BCUT2D eigenvalue weighted by atomic mass is 79.9. The van der Waals surface area contributed by atoms with Gasteiger partial charge in [-0.05, 0) is 31.2 Å². The van der Waals surface area contributed by atoms with Gasteiger partial charge < -0.3 is 15.2 Å². The minimum Gasteiger partial charge on any atom is -0.346 e. The Bertz CT molecular complexity index is 963. The van der Waals surface area contributed by atoms with E-state index in [1.54, 1.807) is 19.1 Å². The van der Waals surface area contributed by atoms with Crippen LogP contribution < -0.4 is 10.6 Å². The molecule has 7 nitrogen and oxygen atoms in total. The molecule has 1 atom stereocenters. The molecule has 0 aliphatic heterocycles. The van der Waals surface area contributed by atoms with E-state index >= 15 is 0 Å². The number of hydrogen-bond acceptors (Lipinski definition) is 6. The summed E-state index contributed by atoms with van der Waals surface area (Å²) < 4.78 is 6.11. The predicted octanol–water partition coefficient (Wildman–Crippen LogP) is 3.88. The summed E-state index contributed by atoms with van der Waals surface area (Å²) in [4.78, 5) is 28.5. The van der Waals surface area contributed by atoms with E-state index in [1.165, 1.54) is 11.8 Å². The second-order valence-electron chi connectivity index (χ2n) is 6.10. The molecule has 29 heavy (non-hydrogen) atoms. The summed E-state index contributed by atoms with van der Waals surface area (Å²) in [5.74, 6) is 0.597. The molecule has 1 heterocycles. The molecule has 2 amide bonds. The van der Waals surface area contributed by atoms with Gasteiger partial charge >= 0.3 is 0 Å². The largest absolute Gasteiger partial charge is 0.346 e. The summed E-state index contributed by atoms with van der Waals surface area (Å²) in [6, 6.07) is 16.7. The van der Waals surface area contributed by atoms with Gasteiger partial charge in [-0.1, -0.05) is 51.4 Å². The number of nitrogens with zero attached hydrogens (tertiary/aromatic N) is 2. The highest BCUT2D eigenvalue weighted by Crippen LogP contribution is 2.17. The van der Waals surface area contributed by atoms with Gasteiger partial charge in [0.2, 0.25) is 23.5 Å². The van der Waals surface area contributed by atoms with Crippen molar-refractivity contribution in [2.75, 3.05) is 11.1 Å². The minimum absolute atomic E-state index is 0.134. The number of aromatic nitrogens is 2. The number of rotatable bonds is 8. The second kappa shape index (κ2) is 10.2. The smallest absolute Gasteiger partial charge is 0.246 e. The van der Waals surface area contributed by atoms with Crippen LogP contribution in [0.15, 0.2) is 63.6 Å². The Kier molecular flexibility index (Phi) is 7.42. The first-order valence-electron chi connectivity index (χ1n) is 8.84. The van der Waals surface area contributed by atoms with Gasteiger partial charge in [0, 0.05) is 15.7 Å².